The summed E-state index contributed by atoms with van der Waals surface area (Å²) >= 11 is 6.05. The van der Waals surface area contributed by atoms with Crippen LogP contribution >= 0.6 is 11.6 Å². The van der Waals surface area contributed by atoms with Gasteiger partial charge in [0.25, 0.3) is 5.91 Å². The molecule has 126 valence electrons. The van der Waals surface area contributed by atoms with Crippen molar-refractivity contribution in [2.24, 2.45) is 0 Å². The molecule has 0 bridgehead atoms. The molecule has 0 aliphatic heterocycles. The van der Waals surface area contributed by atoms with E-state index in [1.165, 1.54) is 6.20 Å². The SMILES string of the molecule is CC(Cn1ccc(-c2ccc(C#N)c(Cl)c2)n1)NC(=O)c1cnon1. The summed E-state index contributed by atoms with van der Waals surface area (Å²) in [5.41, 5.74) is 2.09. The normalized spacial score (nSPS) is 11.7. The average Bonchev–Trinajstić information content (AvgIpc) is 3.26. The quantitative estimate of drug-likeness (QED) is 0.751. The molecule has 0 saturated carbocycles. The Balaban J connectivity index is 1.66. The van der Waals surface area contributed by atoms with E-state index in [-0.39, 0.29) is 17.6 Å². The summed E-state index contributed by atoms with van der Waals surface area (Å²) < 4.78 is 6.12. The van der Waals surface area contributed by atoms with Crippen LogP contribution in [0.25, 0.3) is 11.3 Å². The van der Waals surface area contributed by atoms with Crippen LogP contribution in [0.5, 0.6) is 0 Å². The standard InChI is InChI=1S/C16H13ClN6O2/c1-10(20-16(24)15-8-19-25-22-15)9-23-5-4-14(21-23)11-2-3-12(7-18)13(17)6-11/h2-6,8,10H,9H2,1H3,(H,20,24). The van der Waals surface area contributed by atoms with Crippen LogP contribution < -0.4 is 5.32 Å². The van der Waals surface area contributed by atoms with Gasteiger partial charge >= 0.3 is 0 Å². The van der Waals surface area contributed by atoms with Gasteiger partial charge in [0, 0.05) is 17.8 Å². The Bertz CT molecular complexity index is 929. The molecule has 0 radical (unpaired) electrons. The van der Waals surface area contributed by atoms with Crippen LogP contribution in [0.1, 0.15) is 23.0 Å². The van der Waals surface area contributed by atoms with Crippen LogP contribution in [0.15, 0.2) is 41.3 Å². The van der Waals surface area contributed by atoms with Crippen LogP contribution in [0.2, 0.25) is 5.02 Å². The zero-order valence-electron chi connectivity index (χ0n) is 13.2. The number of nitriles is 1. The van der Waals surface area contributed by atoms with Gasteiger partial charge in [-0.1, -0.05) is 22.8 Å². The number of nitrogens with zero attached hydrogens (tertiary/aromatic N) is 5. The fraction of sp³-hybridized carbons (Fsp3) is 0.188. The molecule has 9 heteroatoms. The Morgan fingerprint density at radius 1 is 1.48 bits per heavy atom. The number of halogens is 1. The minimum atomic E-state index is -0.361. The molecule has 0 spiro atoms. The molecule has 2 heterocycles. The van der Waals surface area contributed by atoms with Crippen molar-refractivity contribution in [3.8, 4) is 17.3 Å². The number of amides is 1. The van der Waals surface area contributed by atoms with Crippen molar-refractivity contribution >= 4 is 17.5 Å². The van der Waals surface area contributed by atoms with E-state index >= 15 is 0 Å². The summed E-state index contributed by atoms with van der Waals surface area (Å²) in [7, 11) is 0. The third kappa shape index (κ3) is 3.84. The average molecular weight is 357 g/mol. The molecule has 3 aromatic rings. The van der Waals surface area contributed by atoms with Crippen molar-refractivity contribution in [3.05, 3.63) is 52.9 Å². The second-order valence-electron chi connectivity index (χ2n) is 5.40. The van der Waals surface area contributed by atoms with Gasteiger partial charge in [0.05, 0.1) is 22.8 Å². The molecule has 3 rings (SSSR count). The maximum atomic E-state index is 11.9. The van der Waals surface area contributed by atoms with E-state index in [9.17, 15) is 4.79 Å². The van der Waals surface area contributed by atoms with E-state index in [0.717, 1.165) is 11.3 Å². The third-order valence-electron chi connectivity index (χ3n) is 3.46. The van der Waals surface area contributed by atoms with Gasteiger partial charge in [0.1, 0.15) is 12.3 Å². The van der Waals surface area contributed by atoms with Crippen molar-refractivity contribution in [2.45, 2.75) is 19.5 Å². The summed E-state index contributed by atoms with van der Waals surface area (Å²) in [5.74, 6) is -0.361. The van der Waals surface area contributed by atoms with Crippen LogP contribution in [0.3, 0.4) is 0 Å². The predicted molar refractivity (Wildman–Crippen MR) is 88.6 cm³/mol. The van der Waals surface area contributed by atoms with Crippen LogP contribution in [0.4, 0.5) is 0 Å². The fourth-order valence-corrected chi connectivity index (χ4v) is 2.49. The smallest absolute Gasteiger partial charge is 0.275 e. The van der Waals surface area contributed by atoms with E-state index in [1.54, 1.807) is 22.9 Å². The minimum absolute atomic E-state index is 0.125. The lowest BCUT2D eigenvalue weighted by atomic mass is 10.1. The lowest BCUT2D eigenvalue weighted by Gasteiger charge is -2.12. The first-order valence-corrected chi connectivity index (χ1v) is 7.76. The van der Waals surface area contributed by atoms with E-state index in [0.29, 0.717) is 17.1 Å². The van der Waals surface area contributed by atoms with Gasteiger partial charge in [-0.25, -0.2) is 4.63 Å². The van der Waals surface area contributed by atoms with Gasteiger partial charge in [-0.05, 0) is 30.3 Å². The Morgan fingerprint density at radius 2 is 2.32 bits per heavy atom. The summed E-state index contributed by atoms with van der Waals surface area (Å²) in [4.78, 5) is 11.9. The van der Waals surface area contributed by atoms with E-state index < -0.39 is 0 Å². The number of aromatic nitrogens is 4. The first-order chi connectivity index (χ1) is 12.1. The van der Waals surface area contributed by atoms with Crippen molar-refractivity contribution in [2.75, 3.05) is 0 Å². The Kier molecular flexibility index (Phi) is 4.77. The highest BCUT2D eigenvalue weighted by molar-refractivity contribution is 6.32. The first-order valence-electron chi connectivity index (χ1n) is 7.38. The van der Waals surface area contributed by atoms with E-state index in [2.05, 4.69) is 25.4 Å². The van der Waals surface area contributed by atoms with Crippen molar-refractivity contribution in [3.63, 3.8) is 0 Å². The lowest BCUT2D eigenvalue weighted by Crippen LogP contribution is -2.36. The zero-order chi connectivity index (χ0) is 17.8. The lowest BCUT2D eigenvalue weighted by molar-refractivity contribution is 0.0926. The molecule has 0 aliphatic carbocycles. The number of hydrogen-bond donors (Lipinski definition) is 1. The molecule has 1 unspecified atom stereocenters. The molecule has 0 aliphatic rings. The molecule has 8 nitrogen and oxygen atoms in total. The van der Waals surface area contributed by atoms with Crippen LogP contribution in [-0.4, -0.2) is 32.0 Å². The Hall–Kier alpha value is -3.18. The minimum Gasteiger partial charge on any atom is -0.346 e. The molecule has 1 amide bonds. The zero-order valence-corrected chi connectivity index (χ0v) is 13.9. The highest BCUT2D eigenvalue weighted by Gasteiger charge is 2.14. The van der Waals surface area contributed by atoms with Gasteiger partial charge in [-0.3, -0.25) is 9.48 Å². The summed E-state index contributed by atoms with van der Waals surface area (Å²) in [6, 6.07) is 8.84. The third-order valence-corrected chi connectivity index (χ3v) is 3.77. The van der Waals surface area contributed by atoms with Crippen molar-refractivity contribution in [1.82, 2.24) is 25.4 Å². The van der Waals surface area contributed by atoms with Gasteiger partial charge in [0.15, 0.2) is 5.69 Å². The number of carbonyl (C=O) groups excluding carboxylic acids is 1. The first kappa shape index (κ1) is 16.7. The van der Waals surface area contributed by atoms with Gasteiger partial charge < -0.3 is 5.32 Å². The Morgan fingerprint density at radius 3 is 3.00 bits per heavy atom. The number of rotatable bonds is 5. The fourth-order valence-electron chi connectivity index (χ4n) is 2.27. The number of nitrogens with one attached hydrogen (secondary N) is 1. The molecule has 1 atom stereocenters. The van der Waals surface area contributed by atoms with Gasteiger partial charge in [-0.2, -0.15) is 10.4 Å². The van der Waals surface area contributed by atoms with Gasteiger partial charge in [-0.15, -0.1) is 0 Å². The monoisotopic (exact) mass is 356 g/mol. The molecule has 2 aromatic heterocycles. The Labute approximate surface area is 148 Å². The van der Waals surface area contributed by atoms with Crippen molar-refractivity contribution in [1.29, 1.82) is 5.26 Å². The van der Waals surface area contributed by atoms with Crippen LogP contribution in [0, 0.1) is 11.3 Å². The van der Waals surface area contributed by atoms with E-state index in [4.69, 9.17) is 16.9 Å². The molecule has 0 fully saturated rings. The molecular weight excluding hydrogens is 344 g/mol. The number of hydrogen-bond acceptors (Lipinski definition) is 6. The second kappa shape index (κ2) is 7.15. The summed E-state index contributed by atoms with van der Waals surface area (Å²) in [6.45, 7) is 2.33. The second-order valence-corrected chi connectivity index (χ2v) is 5.80. The largest absolute Gasteiger partial charge is 0.346 e. The molecule has 25 heavy (non-hydrogen) atoms. The summed E-state index contributed by atoms with van der Waals surface area (Å²) in [5, 5.41) is 23.4. The maximum Gasteiger partial charge on any atom is 0.275 e. The topological polar surface area (TPSA) is 110 Å². The number of carbonyl (C=O) groups is 1. The highest BCUT2D eigenvalue weighted by atomic mass is 35.5. The van der Waals surface area contributed by atoms with Crippen molar-refractivity contribution < 1.29 is 9.42 Å². The number of benzene rings is 1. The predicted octanol–water partition coefficient (Wildman–Crippen LogP) is 2.28. The highest BCUT2D eigenvalue weighted by Crippen LogP contribution is 2.24. The van der Waals surface area contributed by atoms with Crippen LogP contribution in [-0.2, 0) is 6.54 Å². The molecular formula is C16H13ClN6O2. The van der Waals surface area contributed by atoms with Gasteiger partial charge in [0.2, 0.25) is 0 Å². The molecule has 0 saturated heterocycles. The molecule has 1 aromatic carbocycles. The van der Waals surface area contributed by atoms with E-state index in [1.807, 2.05) is 25.3 Å². The maximum absolute atomic E-state index is 11.9. The molecule has 1 N–H and O–H groups in total. The summed E-state index contributed by atoms with van der Waals surface area (Å²) in [6.07, 6.45) is 3.06.